The Bertz CT molecular complexity index is 333. The van der Waals surface area contributed by atoms with Gasteiger partial charge in [0.1, 0.15) is 24.2 Å². The Labute approximate surface area is 82.4 Å². The lowest BCUT2D eigenvalue weighted by atomic mass is 10.2. The molecule has 0 aromatic heterocycles. The molecule has 4 nitrogen and oxygen atoms in total. The minimum absolute atomic E-state index is 0.293. The molecule has 0 N–H and O–H groups in total. The normalized spacial score (nSPS) is 9.36. The fourth-order valence-electron chi connectivity index (χ4n) is 1.03. The van der Waals surface area contributed by atoms with E-state index in [2.05, 4.69) is 11.8 Å². The van der Waals surface area contributed by atoms with Crippen molar-refractivity contribution in [2.75, 3.05) is 14.2 Å². The van der Waals surface area contributed by atoms with Crippen LogP contribution < -0.4 is 9.47 Å². The Balaban J connectivity index is 3.14. The first kappa shape index (κ1) is 10.4. The van der Waals surface area contributed by atoms with E-state index in [1.807, 2.05) is 0 Å². The topological polar surface area (TPSA) is 44.8 Å². The number of rotatable bonds is 3. The molecule has 1 aromatic carbocycles. The molecule has 4 heteroatoms. The van der Waals surface area contributed by atoms with E-state index in [0.717, 1.165) is 0 Å². The number of carbonyl (C=O) groups is 1. The minimum atomic E-state index is -0.484. The summed E-state index contributed by atoms with van der Waals surface area (Å²) in [6, 6.07) is 4.80. The van der Waals surface area contributed by atoms with Crippen molar-refractivity contribution in [3.63, 3.8) is 0 Å². The second-order valence-electron chi connectivity index (χ2n) is 2.50. The third-order valence-corrected chi connectivity index (χ3v) is 1.75. The molecule has 1 rings (SSSR count). The van der Waals surface area contributed by atoms with Gasteiger partial charge in [-0.25, -0.2) is 4.79 Å². The average Bonchev–Trinajstić information content (AvgIpc) is 2.27. The van der Waals surface area contributed by atoms with Gasteiger partial charge in [-0.15, -0.1) is 0 Å². The summed E-state index contributed by atoms with van der Waals surface area (Å²) >= 11 is 0. The van der Waals surface area contributed by atoms with Crippen molar-refractivity contribution in [3.05, 3.63) is 30.9 Å². The van der Waals surface area contributed by atoms with E-state index in [0.29, 0.717) is 17.1 Å². The molecule has 1 radical (unpaired) electrons. The Hall–Kier alpha value is -1.71. The molecule has 0 saturated heterocycles. The largest absolute Gasteiger partial charge is 0.497 e. The SMILES string of the molecule is [CH2]Oc1ccc(OC)cc1C(=O)OC. The predicted molar refractivity (Wildman–Crippen MR) is 50.3 cm³/mol. The van der Waals surface area contributed by atoms with Gasteiger partial charge in [0.05, 0.1) is 14.2 Å². The molecule has 14 heavy (non-hydrogen) atoms. The number of carbonyl (C=O) groups excluding carboxylic acids is 1. The van der Waals surface area contributed by atoms with E-state index in [9.17, 15) is 4.79 Å². The molecule has 0 aliphatic heterocycles. The Morgan fingerprint density at radius 1 is 1.36 bits per heavy atom. The zero-order valence-electron chi connectivity index (χ0n) is 8.07. The molecule has 0 heterocycles. The van der Waals surface area contributed by atoms with Gasteiger partial charge in [0.2, 0.25) is 0 Å². The van der Waals surface area contributed by atoms with Crippen molar-refractivity contribution in [2.24, 2.45) is 0 Å². The molecule has 0 fully saturated rings. The minimum Gasteiger partial charge on any atom is -0.497 e. The van der Waals surface area contributed by atoms with Gasteiger partial charge in [0.25, 0.3) is 0 Å². The maximum atomic E-state index is 11.3. The lowest BCUT2D eigenvalue weighted by Gasteiger charge is -2.07. The summed E-state index contributed by atoms with van der Waals surface area (Å²) in [5, 5.41) is 0. The molecule has 0 spiro atoms. The second-order valence-corrected chi connectivity index (χ2v) is 2.50. The number of esters is 1. The average molecular weight is 195 g/mol. The first-order valence-corrected chi connectivity index (χ1v) is 3.91. The van der Waals surface area contributed by atoms with Gasteiger partial charge in [-0.2, -0.15) is 0 Å². The smallest absolute Gasteiger partial charge is 0.341 e. The molecule has 0 amide bonds. The highest BCUT2D eigenvalue weighted by atomic mass is 16.5. The zero-order chi connectivity index (χ0) is 10.6. The monoisotopic (exact) mass is 195 g/mol. The predicted octanol–water partition coefficient (Wildman–Crippen LogP) is 1.65. The highest BCUT2D eigenvalue weighted by Crippen LogP contribution is 2.24. The van der Waals surface area contributed by atoms with E-state index in [4.69, 9.17) is 9.47 Å². The lowest BCUT2D eigenvalue weighted by Crippen LogP contribution is -2.03. The number of hydrogen-bond acceptors (Lipinski definition) is 4. The van der Waals surface area contributed by atoms with Crippen LogP contribution in [0.5, 0.6) is 11.5 Å². The molecular formula is C10H11O4. The molecule has 1 aromatic rings. The van der Waals surface area contributed by atoms with Crippen LogP contribution in [0.2, 0.25) is 0 Å². The van der Waals surface area contributed by atoms with E-state index in [1.165, 1.54) is 20.3 Å². The van der Waals surface area contributed by atoms with Gasteiger partial charge in [0, 0.05) is 0 Å². The van der Waals surface area contributed by atoms with Gasteiger partial charge in [-0.05, 0) is 18.2 Å². The fraction of sp³-hybridized carbons (Fsp3) is 0.200. The first-order valence-electron chi connectivity index (χ1n) is 3.91. The summed E-state index contributed by atoms with van der Waals surface area (Å²) in [4.78, 5) is 11.3. The lowest BCUT2D eigenvalue weighted by molar-refractivity contribution is 0.0597. The molecule has 0 aliphatic rings. The first-order chi connectivity index (χ1) is 6.72. The molecular weight excluding hydrogens is 184 g/mol. The van der Waals surface area contributed by atoms with Crippen LogP contribution in [0.1, 0.15) is 10.4 Å². The summed E-state index contributed by atoms with van der Waals surface area (Å²) in [5.41, 5.74) is 0.293. The quantitative estimate of drug-likeness (QED) is 0.688. The Kier molecular flexibility index (Phi) is 3.34. The summed E-state index contributed by atoms with van der Waals surface area (Å²) < 4.78 is 14.3. The van der Waals surface area contributed by atoms with Gasteiger partial charge in [-0.3, -0.25) is 0 Å². The summed E-state index contributed by atoms with van der Waals surface area (Å²) in [6.07, 6.45) is 0. The maximum absolute atomic E-state index is 11.3. The maximum Gasteiger partial charge on any atom is 0.341 e. The zero-order valence-corrected chi connectivity index (χ0v) is 8.07. The molecule has 75 valence electrons. The standard InChI is InChI=1S/C10H11O4/c1-12-7-4-5-9(13-2)8(6-7)10(11)14-3/h4-6H,2H2,1,3H3. The molecule has 0 bridgehead atoms. The van der Waals surface area contributed by atoms with Crippen molar-refractivity contribution in [2.45, 2.75) is 0 Å². The van der Waals surface area contributed by atoms with Crippen LogP contribution in [0.4, 0.5) is 0 Å². The molecule has 0 atom stereocenters. The van der Waals surface area contributed by atoms with Crippen molar-refractivity contribution in [1.29, 1.82) is 0 Å². The molecule has 0 saturated carbocycles. The van der Waals surface area contributed by atoms with Gasteiger partial charge < -0.3 is 14.2 Å². The van der Waals surface area contributed by atoms with Gasteiger partial charge in [0.15, 0.2) is 0 Å². The summed E-state index contributed by atoms with van der Waals surface area (Å²) in [6.45, 7) is 0. The van der Waals surface area contributed by atoms with E-state index < -0.39 is 5.97 Å². The molecule has 0 aliphatic carbocycles. The van der Waals surface area contributed by atoms with Crippen LogP contribution in [0.25, 0.3) is 0 Å². The third-order valence-electron chi connectivity index (χ3n) is 1.75. The highest BCUT2D eigenvalue weighted by molar-refractivity contribution is 5.92. The van der Waals surface area contributed by atoms with Gasteiger partial charge in [-0.1, -0.05) is 0 Å². The Morgan fingerprint density at radius 3 is 2.57 bits per heavy atom. The summed E-state index contributed by atoms with van der Waals surface area (Å²) in [5.74, 6) is 0.436. The number of methoxy groups -OCH3 is 2. The van der Waals surface area contributed by atoms with Crippen molar-refractivity contribution in [1.82, 2.24) is 0 Å². The van der Waals surface area contributed by atoms with Crippen LogP contribution >= 0.6 is 0 Å². The highest BCUT2D eigenvalue weighted by Gasteiger charge is 2.13. The Morgan fingerprint density at radius 2 is 2.07 bits per heavy atom. The third kappa shape index (κ3) is 1.96. The van der Waals surface area contributed by atoms with Gasteiger partial charge >= 0.3 is 5.97 Å². The number of ether oxygens (including phenoxy) is 3. The van der Waals surface area contributed by atoms with Crippen molar-refractivity contribution in [3.8, 4) is 11.5 Å². The summed E-state index contributed by atoms with van der Waals surface area (Å²) in [7, 11) is 6.06. The van der Waals surface area contributed by atoms with E-state index >= 15 is 0 Å². The van der Waals surface area contributed by atoms with Crippen LogP contribution in [-0.2, 0) is 4.74 Å². The fourth-order valence-corrected chi connectivity index (χ4v) is 1.03. The number of benzene rings is 1. The van der Waals surface area contributed by atoms with Crippen LogP contribution in [0.15, 0.2) is 18.2 Å². The molecule has 0 unspecified atom stereocenters. The van der Waals surface area contributed by atoms with E-state index in [-0.39, 0.29) is 0 Å². The van der Waals surface area contributed by atoms with Crippen LogP contribution in [0.3, 0.4) is 0 Å². The van der Waals surface area contributed by atoms with Crippen molar-refractivity contribution < 1.29 is 19.0 Å². The second kappa shape index (κ2) is 4.50. The van der Waals surface area contributed by atoms with Crippen LogP contribution in [-0.4, -0.2) is 20.2 Å². The van der Waals surface area contributed by atoms with Crippen LogP contribution in [0, 0.1) is 7.11 Å². The van der Waals surface area contributed by atoms with Crippen molar-refractivity contribution >= 4 is 5.97 Å². The van der Waals surface area contributed by atoms with E-state index in [1.54, 1.807) is 12.1 Å². The number of hydrogen-bond donors (Lipinski definition) is 0.